The molecule has 1 amide bonds. The Kier molecular flexibility index (Phi) is 4.69. The van der Waals surface area contributed by atoms with Gasteiger partial charge in [0.25, 0.3) is 0 Å². The number of rotatable bonds is 4. The first kappa shape index (κ1) is 15.8. The third-order valence-corrected chi connectivity index (χ3v) is 5.20. The summed E-state index contributed by atoms with van der Waals surface area (Å²) in [6.45, 7) is 3.44. The molecule has 1 aliphatic carbocycles. The number of carbonyl (C=O) groups excluding carboxylic acids is 1. The Morgan fingerprint density at radius 3 is 2.82 bits per heavy atom. The number of nitrogens with one attached hydrogen (secondary N) is 1. The van der Waals surface area contributed by atoms with Gasteiger partial charge in [0, 0.05) is 41.7 Å². The van der Waals surface area contributed by atoms with Crippen molar-refractivity contribution in [2.75, 3.05) is 13.2 Å². The highest BCUT2D eigenvalue weighted by Crippen LogP contribution is 2.45. The number of hydrogen-bond acceptors (Lipinski definition) is 2. The summed E-state index contributed by atoms with van der Waals surface area (Å²) in [5.41, 5.74) is 0.535. The van der Waals surface area contributed by atoms with Gasteiger partial charge in [-0.3, -0.25) is 4.79 Å². The van der Waals surface area contributed by atoms with E-state index in [0.717, 1.165) is 32.5 Å². The zero-order chi connectivity index (χ0) is 15.7. The Bertz CT molecular complexity index is 539. The third-order valence-electron chi connectivity index (χ3n) is 4.88. The van der Waals surface area contributed by atoms with Gasteiger partial charge in [-0.1, -0.05) is 24.6 Å². The maximum absolute atomic E-state index is 13.9. The van der Waals surface area contributed by atoms with Crippen LogP contribution in [0.4, 0.5) is 4.39 Å². The Labute approximate surface area is 135 Å². The van der Waals surface area contributed by atoms with Gasteiger partial charge < -0.3 is 10.1 Å². The average Bonchev–Trinajstić information content (AvgIpc) is 3.26. The van der Waals surface area contributed by atoms with Crippen LogP contribution >= 0.6 is 11.6 Å². The number of hydrogen-bond donors (Lipinski definition) is 1. The lowest BCUT2D eigenvalue weighted by Crippen LogP contribution is -2.37. The van der Waals surface area contributed by atoms with Crippen molar-refractivity contribution in [3.05, 3.63) is 34.6 Å². The molecule has 0 radical (unpaired) electrons. The number of carbonyl (C=O) groups is 1. The zero-order valence-electron chi connectivity index (χ0n) is 12.6. The second kappa shape index (κ2) is 6.55. The first-order valence-electron chi connectivity index (χ1n) is 7.90. The van der Waals surface area contributed by atoms with E-state index in [0.29, 0.717) is 16.5 Å². The molecule has 3 rings (SSSR count). The Hall–Kier alpha value is -1.13. The minimum absolute atomic E-state index is 0.000427. The van der Waals surface area contributed by atoms with Crippen LogP contribution in [0.1, 0.15) is 37.7 Å². The maximum Gasteiger partial charge on any atom is 0.223 e. The Morgan fingerprint density at radius 2 is 2.14 bits per heavy atom. The van der Waals surface area contributed by atoms with Gasteiger partial charge in [-0.25, -0.2) is 4.39 Å². The van der Waals surface area contributed by atoms with E-state index in [4.69, 9.17) is 16.3 Å². The molecule has 0 spiro atoms. The van der Waals surface area contributed by atoms with Crippen LogP contribution in [-0.4, -0.2) is 25.2 Å². The Balaban J connectivity index is 1.58. The first-order valence-corrected chi connectivity index (χ1v) is 8.27. The zero-order valence-corrected chi connectivity index (χ0v) is 13.4. The summed E-state index contributed by atoms with van der Waals surface area (Å²) in [5, 5.41) is 3.49. The predicted octanol–water partition coefficient (Wildman–Crippen LogP) is 3.51. The molecule has 3 unspecified atom stereocenters. The smallest absolute Gasteiger partial charge is 0.223 e. The van der Waals surface area contributed by atoms with E-state index in [1.54, 1.807) is 12.1 Å². The lowest BCUT2D eigenvalue weighted by atomic mass is 9.87. The van der Waals surface area contributed by atoms with Crippen LogP contribution in [0, 0.1) is 17.7 Å². The lowest BCUT2D eigenvalue weighted by molar-refractivity contribution is -0.127. The van der Waals surface area contributed by atoms with Gasteiger partial charge in [0.2, 0.25) is 5.91 Å². The van der Waals surface area contributed by atoms with Gasteiger partial charge >= 0.3 is 0 Å². The lowest BCUT2D eigenvalue weighted by Gasteiger charge is -2.27. The summed E-state index contributed by atoms with van der Waals surface area (Å²) >= 11 is 6.08. The number of ether oxygens (including phenoxy) is 1. The van der Waals surface area contributed by atoms with E-state index in [1.807, 2.05) is 6.92 Å². The molecule has 0 bridgehead atoms. The molecule has 1 aliphatic heterocycles. The molecule has 1 saturated carbocycles. The summed E-state index contributed by atoms with van der Waals surface area (Å²) in [5.74, 6) is 0.127. The van der Waals surface area contributed by atoms with Crippen LogP contribution in [0.5, 0.6) is 0 Å². The fourth-order valence-electron chi connectivity index (χ4n) is 3.28. The van der Waals surface area contributed by atoms with Crippen molar-refractivity contribution >= 4 is 17.5 Å². The molecule has 5 heteroatoms. The van der Waals surface area contributed by atoms with E-state index in [1.165, 1.54) is 6.07 Å². The summed E-state index contributed by atoms with van der Waals surface area (Å²) in [6, 6.07) is 4.72. The van der Waals surface area contributed by atoms with Crippen molar-refractivity contribution in [3.8, 4) is 0 Å². The molecule has 2 aliphatic rings. The second-order valence-electron chi connectivity index (χ2n) is 6.33. The maximum atomic E-state index is 13.9. The molecule has 22 heavy (non-hydrogen) atoms. The minimum Gasteiger partial charge on any atom is -0.381 e. The number of benzene rings is 1. The van der Waals surface area contributed by atoms with Gasteiger partial charge in [0.05, 0.1) is 0 Å². The summed E-state index contributed by atoms with van der Waals surface area (Å²) in [6.07, 6.45) is 2.62. The van der Waals surface area contributed by atoms with E-state index in [9.17, 15) is 9.18 Å². The van der Waals surface area contributed by atoms with Crippen LogP contribution in [0.2, 0.25) is 5.02 Å². The molecule has 1 aromatic rings. The largest absolute Gasteiger partial charge is 0.381 e. The highest BCUT2D eigenvalue weighted by molar-refractivity contribution is 6.31. The molecule has 1 heterocycles. The third kappa shape index (κ3) is 3.28. The van der Waals surface area contributed by atoms with Crippen molar-refractivity contribution in [1.29, 1.82) is 0 Å². The summed E-state index contributed by atoms with van der Waals surface area (Å²) < 4.78 is 19.2. The van der Waals surface area contributed by atoms with Crippen molar-refractivity contribution in [3.63, 3.8) is 0 Å². The molecular formula is C17H21ClFNO2. The molecule has 3 atom stereocenters. The van der Waals surface area contributed by atoms with Crippen molar-refractivity contribution in [2.24, 2.45) is 11.8 Å². The standard InChI is InChI=1S/C17H21ClFNO2/c1-10(11-5-7-22-8-6-11)17(21)20-15-9-12(15)16-13(18)3-2-4-14(16)19/h2-4,10-12,15H,5-9H2,1H3,(H,20,21). The van der Waals surface area contributed by atoms with Gasteiger partial charge in [0.1, 0.15) is 5.82 Å². The summed E-state index contributed by atoms with van der Waals surface area (Å²) in [7, 11) is 0. The van der Waals surface area contributed by atoms with Gasteiger partial charge in [-0.05, 0) is 37.3 Å². The topological polar surface area (TPSA) is 38.3 Å². The summed E-state index contributed by atoms with van der Waals surface area (Å²) in [4.78, 5) is 12.4. The molecule has 1 N–H and O–H groups in total. The van der Waals surface area contributed by atoms with Crippen molar-refractivity contribution in [1.82, 2.24) is 5.32 Å². The van der Waals surface area contributed by atoms with Gasteiger partial charge in [-0.15, -0.1) is 0 Å². The fourth-order valence-corrected chi connectivity index (χ4v) is 3.59. The molecule has 1 saturated heterocycles. The molecule has 120 valence electrons. The Morgan fingerprint density at radius 1 is 1.41 bits per heavy atom. The van der Waals surface area contributed by atoms with Crippen LogP contribution in [-0.2, 0) is 9.53 Å². The van der Waals surface area contributed by atoms with Gasteiger partial charge in [-0.2, -0.15) is 0 Å². The highest BCUT2D eigenvalue weighted by Gasteiger charge is 2.43. The molecule has 1 aromatic carbocycles. The van der Waals surface area contributed by atoms with Crippen LogP contribution in [0.3, 0.4) is 0 Å². The molecule has 2 fully saturated rings. The van der Waals surface area contributed by atoms with Crippen LogP contribution < -0.4 is 5.32 Å². The first-order chi connectivity index (χ1) is 10.6. The van der Waals surface area contributed by atoms with Crippen LogP contribution in [0.15, 0.2) is 18.2 Å². The van der Waals surface area contributed by atoms with Crippen molar-refractivity contribution in [2.45, 2.75) is 38.1 Å². The average molecular weight is 326 g/mol. The predicted molar refractivity (Wildman–Crippen MR) is 83.4 cm³/mol. The van der Waals surface area contributed by atoms with Gasteiger partial charge in [0.15, 0.2) is 0 Å². The second-order valence-corrected chi connectivity index (χ2v) is 6.74. The number of amides is 1. The van der Waals surface area contributed by atoms with Crippen LogP contribution in [0.25, 0.3) is 0 Å². The quantitative estimate of drug-likeness (QED) is 0.920. The minimum atomic E-state index is -0.285. The van der Waals surface area contributed by atoms with E-state index >= 15 is 0 Å². The van der Waals surface area contributed by atoms with E-state index in [2.05, 4.69) is 5.32 Å². The van der Waals surface area contributed by atoms with Crippen molar-refractivity contribution < 1.29 is 13.9 Å². The SMILES string of the molecule is CC(C(=O)NC1CC1c1c(F)cccc1Cl)C1CCOCC1. The molecule has 3 nitrogen and oxygen atoms in total. The molecule has 0 aromatic heterocycles. The highest BCUT2D eigenvalue weighted by atomic mass is 35.5. The van der Waals surface area contributed by atoms with E-state index < -0.39 is 0 Å². The molecular weight excluding hydrogens is 305 g/mol. The van der Waals surface area contributed by atoms with E-state index in [-0.39, 0.29) is 29.6 Å². The normalized spacial score (nSPS) is 26.5. The number of halogens is 2. The monoisotopic (exact) mass is 325 g/mol. The fraction of sp³-hybridized carbons (Fsp3) is 0.588.